The van der Waals surface area contributed by atoms with Gasteiger partial charge in [-0.15, -0.1) is 0 Å². The molecule has 1 N–H and O–H groups in total. The summed E-state index contributed by atoms with van der Waals surface area (Å²) in [5.74, 6) is 0. The molecule has 14 heavy (non-hydrogen) atoms. The largest absolute Gasteiger partial charge is 0.464 e. The third-order valence-corrected chi connectivity index (χ3v) is 0.884. The Bertz CT molecular complexity index is 156. The molecule has 0 spiro atoms. The minimum Gasteiger partial charge on any atom is -0.464 e. The minimum absolute atomic E-state index is 0.113. The zero-order valence-corrected chi connectivity index (χ0v) is 8.08. The molecule has 0 rings (SSSR count). The summed E-state index contributed by atoms with van der Waals surface area (Å²) in [7, 11) is 0. The lowest BCUT2D eigenvalue weighted by molar-refractivity contribution is -0.141. The van der Waals surface area contributed by atoms with Gasteiger partial charge >= 0.3 is 0 Å². The Hall–Kier alpha value is -1.43. The highest BCUT2D eigenvalue weighted by atomic mass is 16.6. The topological polar surface area (TPSA) is 89.9 Å². The molecule has 0 aliphatic heterocycles. The predicted molar refractivity (Wildman–Crippen MR) is 46.4 cm³/mol. The van der Waals surface area contributed by atoms with Crippen molar-refractivity contribution in [2.24, 2.45) is 0 Å². The van der Waals surface area contributed by atoms with E-state index in [1.807, 2.05) is 0 Å². The Balaban J connectivity index is 0. The van der Waals surface area contributed by atoms with E-state index >= 15 is 0 Å². The smallest absolute Gasteiger partial charge is 0.293 e. The lowest BCUT2D eigenvalue weighted by Gasteiger charge is -2.05. The third-order valence-electron chi connectivity index (χ3n) is 0.884. The van der Waals surface area contributed by atoms with Crippen LogP contribution in [0.15, 0.2) is 0 Å². The van der Waals surface area contributed by atoms with Crippen molar-refractivity contribution in [1.82, 2.24) is 0 Å². The van der Waals surface area contributed by atoms with Crippen molar-refractivity contribution in [2.45, 2.75) is 26.1 Å². The lowest BCUT2D eigenvalue weighted by atomic mass is 10.4. The Morgan fingerprint density at radius 3 is 2.00 bits per heavy atom. The molecule has 0 saturated carbocycles. The molecule has 0 radical (unpaired) electrons. The van der Waals surface area contributed by atoms with Crippen molar-refractivity contribution in [3.63, 3.8) is 0 Å². The maximum atomic E-state index is 9.61. The van der Waals surface area contributed by atoms with Gasteiger partial charge in [0.25, 0.3) is 12.9 Å². The fraction of sp³-hybridized carbons (Fsp3) is 0.625. The summed E-state index contributed by atoms with van der Waals surface area (Å²) >= 11 is 0. The molecule has 82 valence electrons. The van der Waals surface area contributed by atoms with Gasteiger partial charge in [-0.3, -0.25) is 9.59 Å². The van der Waals surface area contributed by atoms with E-state index in [1.165, 1.54) is 6.92 Å². The highest BCUT2D eigenvalue weighted by Crippen LogP contribution is 1.86. The summed E-state index contributed by atoms with van der Waals surface area (Å²) in [5, 5.41) is 7.99. The molecule has 2 atom stereocenters. The van der Waals surface area contributed by atoms with Crippen LogP contribution in [0.1, 0.15) is 13.8 Å². The van der Waals surface area contributed by atoms with Crippen molar-refractivity contribution in [3.8, 4) is 0 Å². The van der Waals surface area contributed by atoms with Crippen LogP contribution in [0.3, 0.4) is 0 Å². The van der Waals surface area contributed by atoms with Crippen molar-refractivity contribution in [1.29, 1.82) is 0 Å². The second kappa shape index (κ2) is 11.6. The van der Waals surface area contributed by atoms with Crippen molar-refractivity contribution in [2.75, 3.05) is 6.61 Å². The van der Waals surface area contributed by atoms with E-state index in [0.717, 1.165) is 0 Å². The average molecular weight is 206 g/mol. The monoisotopic (exact) mass is 206 g/mol. The molecule has 0 aromatic carbocycles. The van der Waals surface area contributed by atoms with Gasteiger partial charge in [0.05, 0.1) is 0 Å². The van der Waals surface area contributed by atoms with Crippen LogP contribution in [0, 0.1) is 0 Å². The summed E-state index contributed by atoms with van der Waals surface area (Å²) < 4.78 is 8.66. The molecule has 0 aliphatic rings. The van der Waals surface area contributed by atoms with Gasteiger partial charge in [-0.05, 0) is 13.8 Å². The molecule has 0 amide bonds. The highest BCUT2D eigenvalue weighted by Gasteiger charge is 1.98. The molecule has 6 nitrogen and oxygen atoms in total. The summed E-state index contributed by atoms with van der Waals surface area (Å²) in [5.41, 5.74) is 0. The average Bonchev–Trinajstić information content (AvgIpc) is 2.16. The Morgan fingerprint density at radius 2 is 1.71 bits per heavy atom. The quantitative estimate of drug-likeness (QED) is 0.577. The minimum atomic E-state index is -0.796. The summed E-state index contributed by atoms with van der Waals surface area (Å²) in [4.78, 5) is 28.4. The first-order chi connectivity index (χ1) is 6.58. The van der Waals surface area contributed by atoms with Crippen LogP contribution in [0.5, 0.6) is 0 Å². The Morgan fingerprint density at radius 1 is 1.21 bits per heavy atom. The van der Waals surface area contributed by atoms with E-state index in [4.69, 9.17) is 5.11 Å². The highest BCUT2D eigenvalue weighted by molar-refractivity contribution is 5.54. The van der Waals surface area contributed by atoms with Crippen molar-refractivity contribution in [3.05, 3.63) is 0 Å². The second-order valence-corrected chi connectivity index (χ2v) is 2.35. The Kier molecular flexibility index (Phi) is 12.4. The maximum Gasteiger partial charge on any atom is 0.293 e. The van der Waals surface area contributed by atoms with Crippen LogP contribution < -0.4 is 0 Å². The van der Waals surface area contributed by atoms with E-state index < -0.39 is 6.10 Å². The lowest BCUT2D eigenvalue weighted by Crippen LogP contribution is -2.14. The van der Waals surface area contributed by atoms with Gasteiger partial charge in [0.2, 0.25) is 0 Å². The van der Waals surface area contributed by atoms with Crippen LogP contribution in [-0.4, -0.2) is 43.2 Å². The van der Waals surface area contributed by atoms with Gasteiger partial charge in [0.1, 0.15) is 25.1 Å². The molecule has 0 saturated heterocycles. The first-order valence-electron chi connectivity index (χ1n) is 3.86. The number of hydrogen-bond donors (Lipinski definition) is 1. The zero-order valence-electron chi connectivity index (χ0n) is 8.08. The molecule has 0 aromatic rings. The number of carbonyl (C=O) groups is 3. The first kappa shape index (κ1) is 15.1. The summed E-state index contributed by atoms with van der Waals surface area (Å²) in [6.07, 6.45) is -0.678. The summed E-state index contributed by atoms with van der Waals surface area (Å²) in [6.45, 7) is 3.77. The van der Waals surface area contributed by atoms with Crippen LogP contribution in [0.2, 0.25) is 0 Å². The molecule has 2 unspecified atom stereocenters. The first-order valence-corrected chi connectivity index (χ1v) is 3.86. The van der Waals surface area contributed by atoms with Crippen LogP contribution >= 0.6 is 0 Å². The van der Waals surface area contributed by atoms with Gasteiger partial charge in [0, 0.05) is 0 Å². The normalized spacial score (nSPS) is 12.5. The number of aliphatic hydroxyl groups excluding tert-OH is 1. The number of aldehydes is 1. The number of ether oxygens (including phenoxy) is 2. The molecule has 0 aromatic heterocycles. The van der Waals surface area contributed by atoms with Crippen LogP contribution in [0.25, 0.3) is 0 Å². The molecule has 6 heteroatoms. The van der Waals surface area contributed by atoms with Gasteiger partial charge in [0.15, 0.2) is 0 Å². The van der Waals surface area contributed by atoms with Gasteiger partial charge in [-0.2, -0.15) is 0 Å². The molecule has 0 heterocycles. The number of carbonyl (C=O) groups excluding carboxylic acids is 3. The van der Waals surface area contributed by atoms with Gasteiger partial charge < -0.3 is 19.4 Å². The van der Waals surface area contributed by atoms with Crippen LogP contribution in [-0.2, 0) is 23.9 Å². The number of hydrogen-bond acceptors (Lipinski definition) is 6. The third kappa shape index (κ3) is 16.9. The SMILES string of the molecule is CC(COC=O)OC=O.CC(O)C=O. The standard InChI is InChI=1S/C5H8O4.C3H6O2/c1-5(9-4-7)2-8-3-6;1-3(5)2-4/h3-5H,2H2,1H3;2-3,5H,1H3. The van der Waals surface area contributed by atoms with E-state index in [9.17, 15) is 14.4 Å². The van der Waals surface area contributed by atoms with Gasteiger partial charge in [-0.25, -0.2) is 0 Å². The Labute approximate surface area is 81.8 Å². The fourth-order valence-corrected chi connectivity index (χ4v) is 0.309. The van der Waals surface area contributed by atoms with E-state index in [2.05, 4.69) is 9.47 Å². The summed E-state index contributed by atoms with van der Waals surface area (Å²) in [6, 6.07) is 0. The molecule has 0 aliphatic carbocycles. The second-order valence-electron chi connectivity index (χ2n) is 2.35. The van der Waals surface area contributed by atoms with Crippen molar-refractivity contribution >= 4 is 19.2 Å². The number of rotatable bonds is 6. The number of aliphatic hydroxyl groups is 1. The van der Waals surface area contributed by atoms with E-state index in [1.54, 1.807) is 6.92 Å². The molecule has 0 bridgehead atoms. The molecular formula is C8H14O6. The van der Waals surface area contributed by atoms with Crippen LogP contribution in [0.4, 0.5) is 0 Å². The molecular weight excluding hydrogens is 192 g/mol. The van der Waals surface area contributed by atoms with Gasteiger partial charge in [-0.1, -0.05) is 0 Å². The molecule has 0 fully saturated rings. The maximum absolute atomic E-state index is 9.61. The predicted octanol–water partition coefficient (Wildman–Crippen LogP) is -0.713. The van der Waals surface area contributed by atoms with Crippen molar-refractivity contribution < 1.29 is 29.0 Å². The van der Waals surface area contributed by atoms with E-state index in [0.29, 0.717) is 19.2 Å². The van der Waals surface area contributed by atoms with E-state index in [-0.39, 0.29) is 12.7 Å². The fourth-order valence-electron chi connectivity index (χ4n) is 0.309. The zero-order chi connectivity index (χ0) is 11.4.